The Morgan fingerprint density at radius 3 is 2.24 bits per heavy atom. The number of aliphatic hydroxyl groups excluding tert-OH is 1. The zero-order valence-electron chi connectivity index (χ0n) is 18.9. The summed E-state index contributed by atoms with van der Waals surface area (Å²) in [6.07, 6.45) is -0.423. The van der Waals surface area contributed by atoms with Gasteiger partial charge in [0.25, 0.3) is 0 Å². The first-order valence-corrected chi connectivity index (χ1v) is 12.5. The van der Waals surface area contributed by atoms with Crippen molar-refractivity contribution in [3.05, 3.63) is 64.2 Å². The number of rotatable bonds is 5. The maximum atomic E-state index is 13.2. The van der Waals surface area contributed by atoms with Crippen molar-refractivity contribution < 1.29 is 13.5 Å². The van der Waals surface area contributed by atoms with Crippen molar-refractivity contribution in [2.75, 3.05) is 39.3 Å². The molecule has 4 rings (SSSR count). The van der Waals surface area contributed by atoms with Gasteiger partial charge in [-0.1, -0.05) is 41.9 Å². The van der Waals surface area contributed by atoms with E-state index in [1.54, 1.807) is 23.4 Å². The average Bonchev–Trinajstić information content (AvgIpc) is 3.11. The maximum Gasteiger partial charge on any atom is 0.243 e. The Morgan fingerprint density at radius 1 is 0.970 bits per heavy atom. The molecule has 0 unspecified atom stereocenters. The molecule has 2 aromatic rings. The molecule has 0 amide bonds. The first-order valence-electron chi connectivity index (χ1n) is 10.7. The summed E-state index contributed by atoms with van der Waals surface area (Å²) in [7, 11) is -3.57. The number of likely N-dealkylation sites (tertiary alicyclic amines) is 1. The Hall–Kier alpha value is -0.900. The number of piperazine rings is 1. The molecule has 2 aromatic carbocycles. The summed E-state index contributed by atoms with van der Waals surface area (Å²) in [5.74, 6) is 0. The smallest absolute Gasteiger partial charge is 0.243 e. The number of β-amino-alcohol motifs (C(OH)–C–C–N with tert-alkyl or cyclic N) is 1. The van der Waals surface area contributed by atoms with Crippen molar-refractivity contribution in [1.29, 1.82) is 0 Å². The molecule has 2 fully saturated rings. The molecule has 33 heavy (non-hydrogen) atoms. The molecule has 2 saturated heterocycles. The number of aliphatic hydroxyl groups is 1. The van der Waals surface area contributed by atoms with Crippen LogP contribution >= 0.6 is 36.4 Å². The molecule has 1 N–H and O–H groups in total. The van der Waals surface area contributed by atoms with Gasteiger partial charge in [-0.05, 0) is 42.7 Å². The van der Waals surface area contributed by atoms with Crippen LogP contribution in [-0.2, 0) is 16.6 Å². The second-order valence-corrected chi connectivity index (χ2v) is 10.9. The number of nitrogens with zero attached hydrogens (tertiary/aromatic N) is 3. The number of benzene rings is 2. The Labute approximate surface area is 214 Å². The fourth-order valence-corrected chi connectivity index (χ4v) is 6.56. The number of hydrogen-bond donors (Lipinski definition) is 1. The van der Waals surface area contributed by atoms with Crippen LogP contribution in [0.15, 0.2) is 47.4 Å². The van der Waals surface area contributed by atoms with Gasteiger partial charge in [-0.2, -0.15) is 4.31 Å². The molecule has 0 radical (unpaired) electrons. The standard InChI is InChI=1S/C23H30ClN3O3S.2ClH/c1-17-13-23(18(2)12-20(17)24)31(29,30)27-10-8-26(9-11-27)21-15-25(16-22(21)28)14-19-6-4-3-5-7-19;;/h3-7,12-13,21-22,28H,8-11,14-16H2,1-2H3;2*1H/t21-,22-;;/m0../s1. The molecule has 10 heteroatoms. The highest BCUT2D eigenvalue weighted by Crippen LogP contribution is 2.28. The highest BCUT2D eigenvalue weighted by molar-refractivity contribution is 7.89. The van der Waals surface area contributed by atoms with E-state index < -0.39 is 16.1 Å². The first kappa shape index (κ1) is 28.3. The molecule has 2 heterocycles. The van der Waals surface area contributed by atoms with Crippen LogP contribution in [0.25, 0.3) is 0 Å². The third kappa shape index (κ3) is 6.21. The van der Waals surface area contributed by atoms with Gasteiger partial charge in [-0.15, -0.1) is 24.8 Å². The van der Waals surface area contributed by atoms with Crippen LogP contribution in [0.2, 0.25) is 5.02 Å². The quantitative estimate of drug-likeness (QED) is 0.635. The number of sulfonamides is 1. The Kier molecular flexibility index (Phi) is 10.0. The van der Waals surface area contributed by atoms with Crippen LogP contribution in [0.1, 0.15) is 16.7 Å². The van der Waals surface area contributed by atoms with Gasteiger partial charge in [0.1, 0.15) is 0 Å². The Morgan fingerprint density at radius 2 is 1.61 bits per heavy atom. The van der Waals surface area contributed by atoms with Gasteiger partial charge >= 0.3 is 0 Å². The Bertz CT molecular complexity index is 1030. The lowest BCUT2D eigenvalue weighted by Gasteiger charge is -2.38. The summed E-state index contributed by atoms with van der Waals surface area (Å²) in [5.41, 5.74) is 2.66. The van der Waals surface area contributed by atoms with Crippen LogP contribution in [0, 0.1) is 13.8 Å². The van der Waals surface area contributed by atoms with E-state index in [9.17, 15) is 13.5 Å². The highest BCUT2D eigenvalue weighted by Gasteiger charge is 2.38. The van der Waals surface area contributed by atoms with Crippen molar-refractivity contribution in [2.45, 2.75) is 37.4 Å². The van der Waals surface area contributed by atoms with E-state index in [-0.39, 0.29) is 30.9 Å². The lowest BCUT2D eigenvalue weighted by molar-refractivity contribution is 0.0618. The maximum absolute atomic E-state index is 13.2. The second kappa shape index (κ2) is 11.7. The normalized spacial score (nSPS) is 22.5. The summed E-state index contributed by atoms with van der Waals surface area (Å²) in [4.78, 5) is 4.84. The topological polar surface area (TPSA) is 64.1 Å². The molecular formula is C23H32Cl3N3O3S. The second-order valence-electron chi connectivity index (χ2n) is 8.62. The summed E-state index contributed by atoms with van der Waals surface area (Å²) in [5, 5.41) is 11.2. The van der Waals surface area contributed by atoms with E-state index in [1.807, 2.05) is 25.1 Å². The van der Waals surface area contributed by atoms with Gasteiger partial charge in [-0.3, -0.25) is 9.80 Å². The van der Waals surface area contributed by atoms with Gasteiger partial charge in [0.2, 0.25) is 10.0 Å². The van der Waals surface area contributed by atoms with E-state index in [1.165, 1.54) is 5.56 Å². The molecule has 2 aliphatic heterocycles. The van der Waals surface area contributed by atoms with Crippen LogP contribution < -0.4 is 0 Å². The van der Waals surface area contributed by atoms with Gasteiger partial charge in [0.15, 0.2) is 0 Å². The lowest BCUT2D eigenvalue weighted by atomic mass is 10.1. The molecule has 2 atom stereocenters. The van der Waals surface area contributed by atoms with Crippen LogP contribution in [0.5, 0.6) is 0 Å². The number of hydrogen-bond acceptors (Lipinski definition) is 5. The minimum Gasteiger partial charge on any atom is -0.390 e. The largest absolute Gasteiger partial charge is 0.390 e. The van der Waals surface area contributed by atoms with Crippen LogP contribution in [-0.4, -0.2) is 79.0 Å². The molecule has 0 aliphatic carbocycles. The van der Waals surface area contributed by atoms with Crippen LogP contribution in [0.4, 0.5) is 0 Å². The predicted octanol–water partition coefficient (Wildman–Crippen LogP) is 3.35. The van der Waals surface area contributed by atoms with Crippen LogP contribution in [0.3, 0.4) is 0 Å². The van der Waals surface area contributed by atoms with Crippen molar-refractivity contribution >= 4 is 46.4 Å². The van der Waals surface area contributed by atoms with Gasteiger partial charge in [-0.25, -0.2) is 8.42 Å². The minimum absolute atomic E-state index is 0. The summed E-state index contributed by atoms with van der Waals surface area (Å²) in [6, 6.07) is 13.7. The molecule has 0 spiro atoms. The number of aryl methyl sites for hydroxylation is 2. The zero-order chi connectivity index (χ0) is 22.2. The van der Waals surface area contributed by atoms with E-state index >= 15 is 0 Å². The first-order chi connectivity index (χ1) is 14.8. The summed E-state index contributed by atoms with van der Waals surface area (Å²) in [6.45, 7) is 7.93. The SMILES string of the molecule is Cc1cc(S(=O)(=O)N2CCN([C@H]3CN(Cc4ccccc4)C[C@@H]3O)CC2)c(C)cc1Cl.Cl.Cl. The average molecular weight is 537 g/mol. The van der Waals surface area contributed by atoms with E-state index in [0.717, 1.165) is 18.7 Å². The van der Waals surface area contributed by atoms with Crippen molar-refractivity contribution in [3.63, 3.8) is 0 Å². The highest BCUT2D eigenvalue weighted by atomic mass is 35.5. The van der Waals surface area contributed by atoms with E-state index in [2.05, 4.69) is 21.9 Å². The molecule has 0 aromatic heterocycles. The van der Waals surface area contributed by atoms with Gasteiger partial charge < -0.3 is 5.11 Å². The van der Waals surface area contributed by atoms with Crippen molar-refractivity contribution in [3.8, 4) is 0 Å². The monoisotopic (exact) mass is 535 g/mol. The molecule has 6 nitrogen and oxygen atoms in total. The summed E-state index contributed by atoms with van der Waals surface area (Å²) >= 11 is 6.15. The van der Waals surface area contributed by atoms with Gasteiger partial charge in [0.05, 0.1) is 11.0 Å². The van der Waals surface area contributed by atoms with Crippen molar-refractivity contribution in [1.82, 2.24) is 14.1 Å². The van der Waals surface area contributed by atoms with Gasteiger partial charge in [0, 0.05) is 56.9 Å². The number of halogens is 3. The van der Waals surface area contributed by atoms with E-state index in [0.29, 0.717) is 48.2 Å². The molecular weight excluding hydrogens is 505 g/mol. The zero-order valence-corrected chi connectivity index (χ0v) is 22.1. The molecule has 184 valence electrons. The lowest BCUT2D eigenvalue weighted by Crippen LogP contribution is -2.54. The molecule has 2 aliphatic rings. The fraction of sp³-hybridized carbons (Fsp3) is 0.478. The fourth-order valence-electron chi connectivity index (χ4n) is 4.62. The third-order valence-electron chi connectivity index (χ3n) is 6.40. The summed E-state index contributed by atoms with van der Waals surface area (Å²) < 4.78 is 28.0. The van der Waals surface area contributed by atoms with Crippen molar-refractivity contribution in [2.24, 2.45) is 0 Å². The van der Waals surface area contributed by atoms with E-state index in [4.69, 9.17) is 11.6 Å². The predicted molar refractivity (Wildman–Crippen MR) is 137 cm³/mol. The Balaban J connectivity index is 0.00000193. The minimum atomic E-state index is -3.57. The molecule has 0 saturated carbocycles. The third-order valence-corrected chi connectivity index (χ3v) is 8.85. The molecule has 0 bridgehead atoms.